The van der Waals surface area contributed by atoms with Crippen molar-refractivity contribution in [1.82, 2.24) is 0 Å². The van der Waals surface area contributed by atoms with Gasteiger partial charge in [-0.2, -0.15) is 0 Å². The largest absolute Gasteiger partial charge is 0.294 e. The van der Waals surface area contributed by atoms with E-state index in [2.05, 4.69) is 25.1 Å². The van der Waals surface area contributed by atoms with Crippen LogP contribution in [0.3, 0.4) is 0 Å². The number of unbranched alkanes of at least 4 members (excludes halogenated alkanes) is 1. The number of Topliss-reactive ketones (excluding diaryl/α,β-unsaturated/α-hetero) is 1. The Bertz CT molecular complexity index is 416. The van der Waals surface area contributed by atoms with Gasteiger partial charge in [-0.3, -0.25) is 4.79 Å². The standard InChI is InChI=1S/C17H22O/c1-2-3-10-15-11-7-12-16(17(15)18)13-14-8-5-4-6-9-14/h4-6,8-9,13,15H,2-3,7,10-12H2,1H3. The number of benzene rings is 1. The van der Waals surface area contributed by atoms with Crippen molar-refractivity contribution in [3.05, 3.63) is 41.5 Å². The summed E-state index contributed by atoms with van der Waals surface area (Å²) >= 11 is 0. The van der Waals surface area contributed by atoms with E-state index in [-0.39, 0.29) is 5.92 Å². The Labute approximate surface area is 110 Å². The van der Waals surface area contributed by atoms with Gasteiger partial charge in [0, 0.05) is 5.92 Å². The Balaban J connectivity index is 2.09. The van der Waals surface area contributed by atoms with E-state index in [4.69, 9.17) is 0 Å². The van der Waals surface area contributed by atoms with Gasteiger partial charge in [-0.1, -0.05) is 50.1 Å². The molecule has 1 aromatic carbocycles. The van der Waals surface area contributed by atoms with Crippen LogP contribution < -0.4 is 0 Å². The Morgan fingerprint density at radius 2 is 2.06 bits per heavy atom. The Hall–Kier alpha value is -1.37. The van der Waals surface area contributed by atoms with E-state index in [0.717, 1.165) is 30.4 Å². The number of rotatable bonds is 4. The third-order valence-corrected chi connectivity index (χ3v) is 3.73. The number of carbonyl (C=O) groups excluding carboxylic acids is 1. The molecule has 0 N–H and O–H groups in total. The number of hydrogen-bond acceptors (Lipinski definition) is 1. The van der Waals surface area contributed by atoms with Crippen LogP contribution >= 0.6 is 0 Å². The van der Waals surface area contributed by atoms with E-state index in [1.165, 1.54) is 19.3 Å². The molecule has 1 unspecified atom stereocenters. The van der Waals surface area contributed by atoms with Gasteiger partial charge in [-0.15, -0.1) is 0 Å². The zero-order valence-electron chi connectivity index (χ0n) is 11.2. The second kappa shape index (κ2) is 6.53. The number of carbonyl (C=O) groups is 1. The Kier molecular flexibility index (Phi) is 4.74. The fourth-order valence-electron chi connectivity index (χ4n) is 2.68. The van der Waals surface area contributed by atoms with Gasteiger partial charge in [-0.25, -0.2) is 0 Å². The summed E-state index contributed by atoms with van der Waals surface area (Å²) in [5, 5.41) is 0. The lowest BCUT2D eigenvalue weighted by Gasteiger charge is -2.22. The van der Waals surface area contributed by atoms with Gasteiger partial charge in [0.25, 0.3) is 0 Å². The molecule has 0 heterocycles. The highest BCUT2D eigenvalue weighted by Gasteiger charge is 2.25. The van der Waals surface area contributed by atoms with Crippen molar-refractivity contribution >= 4 is 11.9 Å². The van der Waals surface area contributed by atoms with Gasteiger partial charge < -0.3 is 0 Å². The highest BCUT2D eigenvalue weighted by atomic mass is 16.1. The summed E-state index contributed by atoms with van der Waals surface area (Å²) in [7, 11) is 0. The maximum atomic E-state index is 12.4. The van der Waals surface area contributed by atoms with Crippen molar-refractivity contribution in [1.29, 1.82) is 0 Å². The van der Waals surface area contributed by atoms with Crippen LogP contribution in [-0.4, -0.2) is 5.78 Å². The average molecular weight is 242 g/mol. The van der Waals surface area contributed by atoms with Crippen molar-refractivity contribution < 1.29 is 4.79 Å². The van der Waals surface area contributed by atoms with Crippen molar-refractivity contribution in [2.24, 2.45) is 5.92 Å². The molecule has 0 spiro atoms. The van der Waals surface area contributed by atoms with Crippen LogP contribution in [0.5, 0.6) is 0 Å². The third-order valence-electron chi connectivity index (χ3n) is 3.73. The summed E-state index contributed by atoms with van der Waals surface area (Å²) in [6.07, 6.45) is 8.72. The summed E-state index contributed by atoms with van der Waals surface area (Å²) < 4.78 is 0. The fourth-order valence-corrected chi connectivity index (χ4v) is 2.68. The molecule has 1 heteroatoms. The van der Waals surface area contributed by atoms with Gasteiger partial charge in [0.15, 0.2) is 5.78 Å². The monoisotopic (exact) mass is 242 g/mol. The number of ketones is 1. The smallest absolute Gasteiger partial charge is 0.161 e. The molecule has 1 fully saturated rings. The van der Waals surface area contributed by atoms with Crippen LogP contribution in [0.1, 0.15) is 51.0 Å². The van der Waals surface area contributed by atoms with Crippen LogP contribution in [0.25, 0.3) is 6.08 Å². The molecule has 1 aliphatic rings. The van der Waals surface area contributed by atoms with Crippen LogP contribution in [-0.2, 0) is 4.79 Å². The predicted molar refractivity (Wildman–Crippen MR) is 76.3 cm³/mol. The molecule has 0 bridgehead atoms. The van der Waals surface area contributed by atoms with E-state index in [1.807, 2.05) is 18.2 Å². The number of allylic oxidation sites excluding steroid dienone is 1. The molecular formula is C17H22O. The zero-order valence-corrected chi connectivity index (χ0v) is 11.2. The maximum absolute atomic E-state index is 12.4. The van der Waals surface area contributed by atoms with E-state index < -0.39 is 0 Å². The van der Waals surface area contributed by atoms with Gasteiger partial charge in [0.2, 0.25) is 0 Å². The normalized spacial score (nSPS) is 22.4. The molecule has 96 valence electrons. The first-order chi connectivity index (χ1) is 8.81. The maximum Gasteiger partial charge on any atom is 0.161 e. The van der Waals surface area contributed by atoms with Crippen molar-refractivity contribution in [3.8, 4) is 0 Å². The van der Waals surface area contributed by atoms with Crippen LogP contribution in [0.4, 0.5) is 0 Å². The lowest BCUT2D eigenvalue weighted by atomic mass is 9.81. The SMILES string of the molecule is CCCCC1CCCC(=Cc2ccccc2)C1=O. The molecule has 1 nitrogen and oxygen atoms in total. The fraction of sp³-hybridized carbons (Fsp3) is 0.471. The van der Waals surface area contributed by atoms with Crippen molar-refractivity contribution in [3.63, 3.8) is 0 Å². The lowest BCUT2D eigenvalue weighted by Crippen LogP contribution is -2.21. The molecule has 1 aromatic rings. The first-order valence-corrected chi connectivity index (χ1v) is 7.11. The molecule has 1 atom stereocenters. The van der Waals surface area contributed by atoms with E-state index in [9.17, 15) is 4.79 Å². The molecule has 1 aliphatic carbocycles. The molecule has 0 amide bonds. The third kappa shape index (κ3) is 3.32. The molecule has 0 saturated heterocycles. The van der Waals surface area contributed by atoms with Gasteiger partial charge in [0.1, 0.15) is 0 Å². The minimum Gasteiger partial charge on any atom is -0.294 e. The average Bonchev–Trinajstić information content (AvgIpc) is 2.41. The molecule has 2 rings (SSSR count). The van der Waals surface area contributed by atoms with Gasteiger partial charge in [0.05, 0.1) is 0 Å². The Morgan fingerprint density at radius 3 is 2.78 bits per heavy atom. The summed E-state index contributed by atoms with van der Waals surface area (Å²) in [6, 6.07) is 10.2. The number of hydrogen-bond donors (Lipinski definition) is 0. The molecule has 18 heavy (non-hydrogen) atoms. The van der Waals surface area contributed by atoms with Gasteiger partial charge >= 0.3 is 0 Å². The summed E-state index contributed by atoms with van der Waals surface area (Å²) in [4.78, 5) is 12.4. The Morgan fingerprint density at radius 1 is 1.28 bits per heavy atom. The summed E-state index contributed by atoms with van der Waals surface area (Å²) in [5.74, 6) is 0.687. The van der Waals surface area contributed by atoms with Crippen LogP contribution in [0.2, 0.25) is 0 Å². The molecule has 0 aliphatic heterocycles. The molecule has 0 aromatic heterocycles. The minimum atomic E-state index is 0.286. The van der Waals surface area contributed by atoms with E-state index in [0.29, 0.717) is 5.78 Å². The predicted octanol–water partition coefficient (Wildman–Crippen LogP) is 4.63. The topological polar surface area (TPSA) is 17.1 Å². The zero-order chi connectivity index (χ0) is 12.8. The first-order valence-electron chi connectivity index (χ1n) is 7.11. The highest BCUT2D eigenvalue weighted by Crippen LogP contribution is 2.29. The quantitative estimate of drug-likeness (QED) is 0.703. The second-order valence-corrected chi connectivity index (χ2v) is 5.18. The van der Waals surface area contributed by atoms with Crippen molar-refractivity contribution in [2.75, 3.05) is 0 Å². The van der Waals surface area contributed by atoms with Crippen LogP contribution in [0, 0.1) is 5.92 Å². The minimum absolute atomic E-state index is 0.286. The summed E-state index contributed by atoms with van der Waals surface area (Å²) in [5.41, 5.74) is 2.19. The molecule has 1 saturated carbocycles. The van der Waals surface area contributed by atoms with E-state index in [1.54, 1.807) is 0 Å². The summed E-state index contributed by atoms with van der Waals surface area (Å²) in [6.45, 7) is 2.19. The lowest BCUT2D eigenvalue weighted by molar-refractivity contribution is -0.120. The van der Waals surface area contributed by atoms with Crippen LogP contribution in [0.15, 0.2) is 35.9 Å². The first kappa shape index (κ1) is 13.1. The molecule has 0 radical (unpaired) electrons. The van der Waals surface area contributed by atoms with E-state index >= 15 is 0 Å². The van der Waals surface area contributed by atoms with Crippen molar-refractivity contribution in [2.45, 2.75) is 45.4 Å². The van der Waals surface area contributed by atoms with Gasteiger partial charge in [-0.05, 0) is 42.9 Å². The second-order valence-electron chi connectivity index (χ2n) is 5.18. The molecular weight excluding hydrogens is 220 g/mol. The highest BCUT2D eigenvalue weighted by molar-refractivity contribution is 6.01.